The van der Waals surface area contributed by atoms with Crippen LogP contribution in [0, 0.1) is 5.92 Å². The standard InChI is InChI=1S/C25H27ClN2O3/c1-31-23-13-17(7-9-22(23)29)6-8-21-14-19-16-27(15-18-4-2-5-20(26)12-18)24(30)25(19)10-3-11-28(21)25/h2,4-9,12-13,19,21,29H,3,10-11,14-16H2,1H3/b8-6+/t19-,21+,25-/m0/s1. The zero-order valence-electron chi connectivity index (χ0n) is 17.6. The lowest BCUT2D eigenvalue weighted by Gasteiger charge is -2.32. The van der Waals surface area contributed by atoms with Gasteiger partial charge in [0, 0.05) is 30.1 Å². The highest BCUT2D eigenvalue weighted by Gasteiger charge is 2.64. The number of ether oxygens (including phenoxy) is 1. The smallest absolute Gasteiger partial charge is 0.243 e. The molecule has 0 bridgehead atoms. The third-order valence-electron chi connectivity index (χ3n) is 7.15. The van der Waals surface area contributed by atoms with Crippen LogP contribution in [-0.4, -0.2) is 52.6 Å². The van der Waals surface area contributed by atoms with Gasteiger partial charge in [-0.2, -0.15) is 0 Å². The lowest BCUT2D eigenvalue weighted by Crippen LogP contribution is -2.50. The van der Waals surface area contributed by atoms with Crippen molar-refractivity contribution < 1.29 is 14.6 Å². The monoisotopic (exact) mass is 438 g/mol. The molecule has 31 heavy (non-hydrogen) atoms. The van der Waals surface area contributed by atoms with Crippen LogP contribution in [0.15, 0.2) is 48.5 Å². The van der Waals surface area contributed by atoms with Gasteiger partial charge in [-0.15, -0.1) is 0 Å². The summed E-state index contributed by atoms with van der Waals surface area (Å²) < 4.78 is 5.22. The van der Waals surface area contributed by atoms with Gasteiger partial charge in [0.2, 0.25) is 5.91 Å². The van der Waals surface area contributed by atoms with E-state index in [0.717, 1.165) is 43.5 Å². The number of phenols is 1. The number of phenolic OH excluding ortho intramolecular Hbond substituents is 1. The quantitative estimate of drug-likeness (QED) is 0.754. The molecule has 0 saturated carbocycles. The van der Waals surface area contributed by atoms with Crippen molar-refractivity contribution in [1.82, 2.24) is 9.80 Å². The van der Waals surface area contributed by atoms with Crippen LogP contribution < -0.4 is 4.74 Å². The first kappa shape index (κ1) is 20.4. The Bertz CT molecular complexity index is 1040. The second-order valence-electron chi connectivity index (χ2n) is 8.83. The lowest BCUT2D eigenvalue weighted by molar-refractivity contribution is -0.137. The second-order valence-corrected chi connectivity index (χ2v) is 9.26. The molecule has 5 rings (SSSR count). The predicted molar refractivity (Wildman–Crippen MR) is 121 cm³/mol. The molecule has 3 atom stereocenters. The minimum atomic E-state index is -0.347. The molecule has 2 aromatic rings. The van der Waals surface area contributed by atoms with E-state index >= 15 is 0 Å². The van der Waals surface area contributed by atoms with Crippen LogP contribution in [-0.2, 0) is 11.3 Å². The maximum atomic E-state index is 13.6. The lowest BCUT2D eigenvalue weighted by atomic mass is 9.85. The zero-order valence-corrected chi connectivity index (χ0v) is 18.4. The molecule has 0 radical (unpaired) electrons. The number of methoxy groups -OCH3 is 1. The molecule has 162 valence electrons. The number of amides is 1. The minimum absolute atomic E-state index is 0.138. The third-order valence-corrected chi connectivity index (χ3v) is 7.38. The van der Waals surface area contributed by atoms with E-state index in [0.29, 0.717) is 23.2 Å². The Kier molecular flexibility index (Phi) is 5.19. The summed E-state index contributed by atoms with van der Waals surface area (Å²) in [5.41, 5.74) is 1.72. The van der Waals surface area contributed by atoms with E-state index in [4.69, 9.17) is 16.3 Å². The van der Waals surface area contributed by atoms with Gasteiger partial charge in [0.15, 0.2) is 11.5 Å². The summed E-state index contributed by atoms with van der Waals surface area (Å²) in [4.78, 5) is 18.1. The average molecular weight is 439 g/mol. The molecule has 2 aromatic carbocycles. The number of benzene rings is 2. The summed E-state index contributed by atoms with van der Waals surface area (Å²) >= 11 is 6.14. The van der Waals surface area contributed by atoms with Gasteiger partial charge in [0.25, 0.3) is 0 Å². The Morgan fingerprint density at radius 2 is 2.16 bits per heavy atom. The van der Waals surface area contributed by atoms with E-state index in [2.05, 4.69) is 17.1 Å². The molecule has 3 aliphatic heterocycles. The Morgan fingerprint density at radius 1 is 1.29 bits per heavy atom. The first-order valence-electron chi connectivity index (χ1n) is 10.9. The molecular formula is C25H27ClN2O3. The summed E-state index contributed by atoms with van der Waals surface area (Å²) in [5, 5.41) is 10.5. The number of halogens is 1. The van der Waals surface area contributed by atoms with Crippen molar-refractivity contribution in [2.45, 2.75) is 37.4 Å². The molecule has 3 heterocycles. The molecular weight excluding hydrogens is 412 g/mol. The van der Waals surface area contributed by atoms with Crippen molar-refractivity contribution >= 4 is 23.6 Å². The first-order valence-corrected chi connectivity index (χ1v) is 11.2. The number of nitrogens with zero attached hydrogens (tertiary/aromatic N) is 2. The van der Waals surface area contributed by atoms with Gasteiger partial charge in [-0.05, 0) is 61.2 Å². The highest BCUT2D eigenvalue weighted by molar-refractivity contribution is 6.30. The van der Waals surface area contributed by atoms with Crippen molar-refractivity contribution in [3.05, 3.63) is 64.7 Å². The molecule has 3 saturated heterocycles. The summed E-state index contributed by atoms with van der Waals surface area (Å²) in [5.74, 6) is 1.23. The highest BCUT2D eigenvalue weighted by Crippen LogP contribution is 2.52. The molecule has 5 nitrogen and oxygen atoms in total. The molecule has 1 spiro atoms. The normalized spacial score (nSPS) is 27.8. The Morgan fingerprint density at radius 3 is 2.97 bits per heavy atom. The van der Waals surface area contributed by atoms with E-state index in [1.807, 2.05) is 41.3 Å². The Balaban J connectivity index is 1.34. The first-order chi connectivity index (χ1) is 15.0. The number of rotatable bonds is 5. The summed E-state index contributed by atoms with van der Waals surface area (Å²) in [7, 11) is 1.55. The predicted octanol–water partition coefficient (Wildman–Crippen LogP) is 4.33. The molecule has 1 amide bonds. The maximum absolute atomic E-state index is 13.6. The fraction of sp³-hybridized carbons (Fsp3) is 0.400. The van der Waals surface area contributed by atoms with Gasteiger partial charge in [-0.1, -0.05) is 42.0 Å². The summed E-state index contributed by atoms with van der Waals surface area (Å²) in [6.07, 6.45) is 7.29. The highest BCUT2D eigenvalue weighted by atomic mass is 35.5. The van der Waals surface area contributed by atoms with E-state index in [9.17, 15) is 9.90 Å². The van der Waals surface area contributed by atoms with Crippen molar-refractivity contribution in [2.24, 2.45) is 5.92 Å². The molecule has 3 aliphatic rings. The van der Waals surface area contributed by atoms with E-state index in [-0.39, 0.29) is 23.2 Å². The summed E-state index contributed by atoms with van der Waals surface area (Å²) in [6, 6.07) is 13.4. The average Bonchev–Trinajstić information content (AvgIpc) is 3.39. The SMILES string of the molecule is COc1cc(/C=C/[C@@H]2C[C@H]3CN(Cc4cccc(Cl)c4)C(=O)[C@]34CCCN24)ccc1O. The molecule has 6 heteroatoms. The molecule has 0 aliphatic carbocycles. The van der Waals surface area contributed by atoms with Crippen LogP contribution in [0.4, 0.5) is 0 Å². The van der Waals surface area contributed by atoms with Crippen LogP contribution in [0.5, 0.6) is 11.5 Å². The maximum Gasteiger partial charge on any atom is 0.243 e. The Hall–Kier alpha value is -2.50. The Labute approximate surface area is 187 Å². The van der Waals surface area contributed by atoms with Crippen LogP contribution in [0.25, 0.3) is 6.08 Å². The number of likely N-dealkylation sites (tertiary alicyclic amines) is 1. The van der Waals surface area contributed by atoms with Crippen LogP contribution in [0.3, 0.4) is 0 Å². The number of aromatic hydroxyl groups is 1. The van der Waals surface area contributed by atoms with Crippen LogP contribution in [0.1, 0.15) is 30.4 Å². The van der Waals surface area contributed by atoms with Gasteiger partial charge < -0.3 is 14.7 Å². The van der Waals surface area contributed by atoms with E-state index in [1.165, 1.54) is 0 Å². The van der Waals surface area contributed by atoms with Gasteiger partial charge in [0.05, 0.1) is 7.11 Å². The fourth-order valence-electron chi connectivity index (χ4n) is 5.82. The van der Waals surface area contributed by atoms with Crippen molar-refractivity contribution in [1.29, 1.82) is 0 Å². The van der Waals surface area contributed by atoms with Crippen molar-refractivity contribution in [3.8, 4) is 11.5 Å². The van der Waals surface area contributed by atoms with Crippen LogP contribution >= 0.6 is 11.6 Å². The third kappa shape index (κ3) is 3.40. The van der Waals surface area contributed by atoms with Gasteiger partial charge >= 0.3 is 0 Å². The minimum Gasteiger partial charge on any atom is -0.504 e. The molecule has 3 fully saturated rings. The van der Waals surface area contributed by atoms with Gasteiger partial charge in [0.1, 0.15) is 5.54 Å². The van der Waals surface area contributed by atoms with E-state index in [1.54, 1.807) is 13.2 Å². The molecule has 1 N–H and O–H groups in total. The van der Waals surface area contributed by atoms with Crippen molar-refractivity contribution in [3.63, 3.8) is 0 Å². The number of hydrogen-bond donors (Lipinski definition) is 1. The van der Waals surface area contributed by atoms with E-state index < -0.39 is 0 Å². The molecule has 0 aromatic heterocycles. The van der Waals surface area contributed by atoms with Crippen LogP contribution in [0.2, 0.25) is 5.02 Å². The largest absolute Gasteiger partial charge is 0.504 e. The van der Waals surface area contributed by atoms with Gasteiger partial charge in [-0.25, -0.2) is 0 Å². The number of carbonyl (C=O) groups excluding carboxylic acids is 1. The topological polar surface area (TPSA) is 53.0 Å². The van der Waals surface area contributed by atoms with Gasteiger partial charge in [-0.3, -0.25) is 9.69 Å². The van der Waals surface area contributed by atoms with Crippen molar-refractivity contribution in [2.75, 3.05) is 20.2 Å². The second kappa shape index (κ2) is 7.88. The number of hydrogen-bond acceptors (Lipinski definition) is 4. The zero-order chi connectivity index (χ0) is 21.6. The summed E-state index contributed by atoms with van der Waals surface area (Å²) in [6.45, 7) is 2.39. The number of carbonyl (C=O) groups is 1. The molecule has 0 unspecified atom stereocenters. The fourth-order valence-corrected chi connectivity index (χ4v) is 6.04.